The van der Waals surface area contributed by atoms with E-state index in [0.717, 1.165) is 42.6 Å². The summed E-state index contributed by atoms with van der Waals surface area (Å²) in [6.07, 6.45) is 2.86. The highest BCUT2D eigenvalue weighted by atomic mass is 31.2. The van der Waals surface area contributed by atoms with Crippen molar-refractivity contribution >= 4 is 29.5 Å². The first kappa shape index (κ1) is 26.2. The van der Waals surface area contributed by atoms with Gasteiger partial charge in [-0.05, 0) is 80.6 Å². The van der Waals surface area contributed by atoms with Crippen molar-refractivity contribution in [2.75, 3.05) is 33.4 Å². The van der Waals surface area contributed by atoms with Gasteiger partial charge in [0.05, 0.1) is 31.2 Å². The van der Waals surface area contributed by atoms with Gasteiger partial charge in [0.1, 0.15) is 23.4 Å². The number of nitrogens with one attached hydrogen (secondary N) is 2. The molecule has 8 nitrogen and oxygen atoms in total. The molecule has 1 aliphatic rings. The van der Waals surface area contributed by atoms with Crippen molar-refractivity contribution in [3.8, 4) is 11.5 Å². The lowest BCUT2D eigenvalue weighted by Crippen LogP contribution is -2.34. The lowest BCUT2D eigenvalue weighted by atomic mass is 10.0. The average Bonchev–Trinajstić information content (AvgIpc) is 2.89. The minimum Gasteiger partial charge on any atom is -0.495 e. The normalized spacial score (nSPS) is 15.9. The lowest BCUT2D eigenvalue weighted by molar-refractivity contribution is 0.162. The molecule has 3 aromatic rings. The quantitative estimate of drug-likeness (QED) is 0.199. The van der Waals surface area contributed by atoms with Crippen molar-refractivity contribution in [3.63, 3.8) is 0 Å². The first-order valence-electron chi connectivity index (χ1n) is 12.2. The van der Waals surface area contributed by atoms with Crippen LogP contribution in [-0.4, -0.2) is 45.4 Å². The fourth-order valence-corrected chi connectivity index (χ4v) is 5.95. The van der Waals surface area contributed by atoms with Crippen molar-refractivity contribution in [2.24, 2.45) is 5.73 Å². The van der Waals surface area contributed by atoms with Gasteiger partial charge in [-0.1, -0.05) is 24.3 Å². The summed E-state index contributed by atoms with van der Waals surface area (Å²) in [6.45, 7) is 4.23. The van der Waals surface area contributed by atoms with Gasteiger partial charge in [-0.2, -0.15) is 0 Å². The summed E-state index contributed by atoms with van der Waals surface area (Å²) in [5.41, 5.74) is 7.25. The largest absolute Gasteiger partial charge is 0.495 e. The van der Waals surface area contributed by atoms with Crippen molar-refractivity contribution in [2.45, 2.75) is 32.3 Å². The van der Waals surface area contributed by atoms with Crippen LogP contribution in [0.15, 0.2) is 54.6 Å². The smallest absolute Gasteiger partial charge is 0.361 e. The van der Waals surface area contributed by atoms with Crippen molar-refractivity contribution < 1.29 is 23.1 Å². The summed E-state index contributed by atoms with van der Waals surface area (Å²) >= 11 is 0. The molecule has 1 heterocycles. The van der Waals surface area contributed by atoms with Crippen LogP contribution in [0.25, 0.3) is 10.8 Å². The molecule has 0 spiro atoms. The van der Waals surface area contributed by atoms with Gasteiger partial charge < -0.3 is 29.6 Å². The summed E-state index contributed by atoms with van der Waals surface area (Å²) in [6, 6.07) is 16.9. The Morgan fingerprint density at radius 2 is 1.81 bits per heavy atom. The van der Waals surface area contributed by atoms with E-state index in [-0.39, 0.29) is 25.2 Å². The molecule has 4 N–H and O–H groups in total. The number of nitrogens with two attached hydrogens (primary N) is 1. The maximum atomic E-state index is 13.8. The van der Waals surface area contributed by atoms with E-state index < -0.39 is 7.60 Å². The number of hydrogen-bond acceptors (Lipinski definition) is 7. The second-order valence-corrected chi connectivity index (χ2v) is 10.7. The molecule has 0 radical (unpaired) electrons. The van der Waals surface area contributed by atoms with Crippen LogP contribution in [-0.2, 0) is 20.0 Å². The number of methoxy groups -OCH3 is 1. The first-order chi connectivity index (χ1) is 17.4. The average molecular weight is 512 g/mol. The van der Waals surface area contributed by atoms with E-state index in [2.05, 4.69) is 5.32 Å². The predicted octanol–water partition coefficient (Wildman–Crippen LogP) is 4.38. The number of piperidine rings is 1. The third-order valence-electron chi connectivity index (χ3n) is 6.23. The van der Waals surface area contributed by atoms with Gasteiger partial charge >= 0.3 is 7.60 Å². The monoisotopic (exact) mass is 511 g/mol. The van der Waals surface area contributed by atoms with E-state index in [1.54, 1.807) is 25.1 Å². The molecular formula is C27H34N3O5P. The van der Waals surface area contributed by atoms with Crippen molar-refractivity contribution in [1.29, 1.82) is 5.41 Å². The molecule has 0 saturated carbocycles. The van der Waals surface area contributed by atoms with Crippen molar-refractivity contribution in [3.05, 3.63) is 65.7 Å². The van der Waals surface area contributed by atoms with E-state index in [9.17, 15) is 4.57 Å². The lowest BCUT2D eigenvalue weighted by Gasteiger charge is -2.23. The topological polar surface area (TPSA) is 116 Å². The summed E-state index contributed by atoms with van der Waals surface area (Å²) in [5.74, 6) is 1.22. The van der Waals surface area contributed by atoms with Gasteiger partial charge in [-0.15, -0.1) is 0 Å². The molecule has 3 aromatic carbocycles. The number of benzene rings is 3. The van der Waals surface area contributed by atoms with Gasteiger partial charge in [0.2, 0.25) is 0 Å². The molecule has 4 rings (SSSR count). The van der Waals surface area contributed by atoms with Gasteiger partial charge in [0, 0.05) is 5.39 Å². The Labute approximate surface area is 212 Å². The van der Waals surface area contributed by atoms with Crippen LogP contribution in [0.3, 0.4) is 0 Å². The molecule has 1 unspecified atom stereocenters. The molecule has 1 atom stereocenters. The van der Waals surface area contributed by atoms with Crippen LogP contribution in [0.4, 0.5) is 0 Å². The molecule has 9 heteroatoms. The fourth-order valence-electron chi connectivity index (χ4n) is 4.36. The third-order valence-corrected chi connectivity index (χ3v) is 8.26. The fraction of sp³-hybridized carbons (Fsp3) is 0.370. The van der Waals surface area contributed by atoms with E-state index in [1.807, 2.05) is 36.4 Å². The summed E-state index contributed by atoms with van der Waals surface area (Å²) in [5, 5.41) is 13.2. The van der Waals surface area contributed by atoms with Crippen LogP contribution in [0.2, 0.25) is 0 Å². The third kappa shape index (κ3) is 6.08. The Morgan fingerprint density at radius 3 is 2.47 bits per heavy atom. The predicted molar refractivity (Wildman–Crippen MR) is 143 cm³/mol. The highest BCUT2D eigenvalue weighted by molar-refractivity contribution is 7.62. The van der Waals surface area contributed by atoms with Crippen LogP contribution in [0.1, 0.15) is 30.9 Å². The molecule has 1 fully saturated rings. The molecular weight excluding hydrogens is 477 g/mol. The minimum absolute atomic E-state index is 0.101. The Hall–Kier alpha value is -2.90. The first-order valence-corrected chi connectivity index (χ1v) is 13.8. The Bertz CT molecular complexity index is 1240. The SMILES string of the molecule is CCOP(=O)(OCCc1ccc(OC2CCNCC2)cc1)c1ccc2ccc(C(=N)N)c(OC)c2c1. The van der Waals surface area contributed by atoms with Crippen LogP contribution >= 0.6 is 7.60 Å². The Morgan fingerprint density at radius 1 is 1.08 bits per heavy atom. The maximum absolute atomic E-state index is 13.8. The van der Waals surface area contributed by atoms with Crippen LogP contribution in [0, 0.1) is 5.41 Å². The highest BCUT2D eigenvalue weighted by Crippen LogP contribution is 2.48. The maximum Gasteiger partial charge on any atom is 0.361 e. The number of amidine groups is 1. The molecule has 1 aliphatic heterocycles. The number of fused-ring (bicyclic) bond motifs is 1. The molecule has 0 aromatic heterocycles. The highest BCUT2D eigenvalue weighted by Gasteiger charge is 2.28. The van der Waals surface area contributed by atoms with Crippen LogP contribution in [0.5, 0.6) is 11.5 Å². The summed E-state index contributed by atoms with van der Waals surface area (Å²) in [7, 11) is -2.06. The summed E-state index contributed by atoms with van der Waals surface area (Å²) in [4.78, 5) is 0. The minimum atomic E-state index is -3.59. The zero-order valence-electron chi connectivity index (χ0n) is 20.8. The van der Waals surface area contributed by atoms with E-state index in [1.165, 1.54) is 7.11 Å². The van der Waals surface area contributed by atoms with Gasteiger partial charge in [-0.3, -0.25) is 9.97 Å². The molecule has 1 saturated heterocycles. The standard InChI is InChI=1S/C27H34N3O5P/c1-3-33-36(31,23-10-6-20-7-11-24(27(28)29)26(32-2)25(20)18-23)34-17-14-19-4-8-21(9-5-19)35-22-12-15-30-16-13-22/h4-11,18,22,30H,3,12-17H2,1-2H3,(H3,28,29). The van der Waals surface area contributed by atoms with Gasteiger partial charge in [-0.25, -0.2) is 0 Å². The number of ether oxygens (including phenoxy) is 2. The van der Waals surface area contributed by atoms with E-state index in [0.29, 0.717) is 28.4 Å². The second-order valence-electron chi connectivity index (χ2n) is 8.68. The van der Waals surface area contributed by atoms with E-state index in [4.69, 9.17) is 29.7 Å². The Kier molecular flexibility index (Phi) is 8.64. The number of nitrogen functional groups attached to an aromatic ring is 1. The van der Waals surface area contributed by atoms with Gasteiger partial charge in [0.25, 0.3) is 0 Å². The molecule has 0 aliphatic carbocycles. The second kappa shape index (κ2) is 11.9. The zero-order chi connectivity index (χ0) is 25.5. The van der Waals surface area contributed by atoms with Gasteiger partial charge in [0.15, 0.2) is 0 Å². The van der Waals surface area contributed by atoms with Crippen LogP contribution < -0.4 is 25.8 Å². The summed E-state index contributed by atoms with van der Waals surface area (Å²) < 4.78 is 36.9. The molecule has 192 valence electrons. The number of hydrogen-bond donors (Lipinski definition) is 3. The number of rotatable bonds is 11. The Balaban J connectivity index is 1.46. The van der Waals surface area contributed by atoms with Crippen molar-refractivity contribution in [1.82, 2.24) is 5.32 Å². The molecule has 36 heavy (non-hydrogen) atoms. The molecule has 0 amide bonds. The zero-order valence-corrected chi connectivity index (χ0v) is 21.7. The molecule has 0 bridgehead atoms. The van der Waals surface area contributed by atoms with E-state index >= 15 is 0 Å².